The highest BCUT2D eigenvalue weighted by molar-refractivity contribution is 8.01. The molecular formula is C17H22N2O6S. The molecule has 0 aromatic heterocycles. The van der Waals surface area contributed by atoms with E-state index in [1.807, 2.05) is 6.07 Å². The van der Waals surface area contributed by atoms with Gasteiger partial charge in [-0.3, -0.25) is 19.2 Å². The van der Waals surface area contributed by atoms with Crippen molar-refractivity contribution in [3.8, 4) is 6.07 Å². The van der Waals surface area contributed by atoms with Gasteiger partial charge in [0, 0.05) is 5.75 Å². The highest BCUT2D eigenvalue weighted by atomic mass is 32.2. The fourth-order valence-electron chi connectivity index (χ4n) is 4.23. The van der Waals surface area contributed by atoms with E-state index in [1.54, 1.807) is 27.7 Å². The molecule has 0 bridgehead atoms. The highest BCUT2D eigenvalue weighted by Gasteiger charge is 2.76. The summed E-state index contributed by atoms with van der Waals surface area (Å²) < 4.78 is 9.41. The molecule has 2 atom stereocenters. The second-order valence-electron chi connectivity index (χ2n) is 7.57. The van der Waals surface area contributed by atoms with Crippen LogP contribution < -0.4 is 5.32 Å². The van der Waals surface area contributed by atoms with Gasteiger partial charge < -0.3 is 14.8 Å². The van der Waals surface area contributed by atoms with Crippen molar-refractivity contribution < 1.29 is 28.7 Å². The minimum absolute atomic E-state index is 0.0602. The monoisotopic (exact) mass is 382 g/mol. The van der Waals surface area contributed by atoms with Crippen LogP contribution >= 0.6 is 11.8 Å². The first-order chi connectivity index (χ1) is 11.9. The van der Waals surface area contributed by atoms with Crippen LogP contribution in [0.1, 0.15) is 27.7 Å². The molecule has 2 rings (SSSR count). The largest absolute Gasteiger partial charge is 0.468 e. The number of nitriles is 1. The molecule has 9 heteroatoms. The summed E-state index contributed by atoms with van der Waals surface area (Å²) in [6, 6.07) is 1.81. The van der Waals surface area contributed by atoms with Gasteiger partial charge in [-0.25, -0.2) is 0 Å². The lowest BCUT2D eigenvalue weighted by Gasteiger charge is -2.64. The number of carbonyl (C=O) groups is 4. The highest BCUT2D eigenvalue weighted by Crippen LogP contribution is 2.65. The van der Waals surface area contributed by atoms with Crippen molar-refractivity contribution in [1.82, 2.24) is 5.32 Å². The Morgan fingerprint density at radius 1 is 1.15 bits per heavy atom. The molecule has 26 heavy (non-hydrogen) atoms. The smallest absolute Gasteiger partial charge is 0.328 e. The SMILES string of the molecule is COC(=O)C1C(=O)NC2(SC[C@]1(C#N)C(=O)OC)C(C)(C)C(=O)C2(C)C. The van der Waals surface area contributed by atoms with E-state index in [0.29, 0.717) is 0 Å². The van der Waals surface area contributed by atoms with Gasteiger partial charge in [0.05, 0.1) is 31.1 Å². The molecule has 1 N–H and O–H groups in total. The maximum Gasteiger partial charge on any atom is 0.328 e. The minimum Gasteiger partial charge on any atom is -0.468 e. The topological polar surface area (TPSA) is 123 Å². The third-order valence-electron chi connectivity index (χ3n) is 5.65. The normalized spacial score (nSPS) is 31.0. The number of ether oxygens (including phenoxy) is 2. The number of methoxy groups -OCH3 is 2. The predicted molar refractivity (Wildman–Crippen MR) is 91.5 cm³/mol. The molecule has 1 amide bonds. The Hall–Kier alpha value is -2.08. The van der Waals surface area contributed by atoms with Gasteiger partial charge in [0.25, 0.3) is 0 Å². The molecule has 0 aromatic rings. The molecular weight excluding hydrogens is 360 g/mol. The Balaban J connectivity index is 2.66. The molecule has 1 saturated heterocycles. The van der Waals surface area contributed by atoms with Crippen molar-refractivity contribution >= 4 is 35.4 Å². The first-order valence-electron chi connectivity index (χ1n) is 7.98. The molecule has 8 nitrogen and oxygen atoms in total. The summed E-state index contributed by atoms with van der Waals surface area (Å²) in [6.45, 7) is 6.77. The van der Waals surface area contributed by atoms with Crippen molar-refractivity contribution in [3.63, 3.8) is 0 Å². The van der Waals surface area contributed by atoms with Crippen molar-refractivity contribution in [2.45, 2.75) is 32.6 Å². The van der Waals surface area contributed by atoms with E-state index in [1.165, 1.54) is 0 Å². The van der Waals surface area contributed by atoms with Gasteiger partial charge in [-0.1, -0.05) is 0 Å². The number of amides is 1. The van der Waals surface area contributed by atoms with Gasteiger partial charge in [-0.2, -0.15) is 5.26 Å². The minimum atomic E-state index is -2.05. The fraction of sp³-hybridized carbons (Fsp3) is 0.706. The molecule has 1 spiro atoms. The number of hydrogen-bond acceptors (Lipinski definition) is 8. The number of ketones is 1. The molecule has 0 aromatic carbocycles. The lowest BCUT2D eigenvalue weighted by atomic mass is 9.50. The second-order valence-corrected chi connectivity index (χ2v) is 8.76. The molecule has 1 saturated carbocycles. The maximum atomic E-state index is 13.0. The van der Waals surface area contributed by atoms with E-state index < -0.39 is 44.9 Å². The number of thioether (sulfide) groups is 1. The van der Waals surface area contributed by atoms with Gasteiger partial charge in [0.15, 0.2) is 17.1 Å². The van der Waals surface area contributed by atoms with Crippen LogP contribution in [0, 0.1) is 33.5 Å². The van der Waals surface area contributed by atoms with Crippen LogP contribution in [0.15, 0.2) is 0 Å². The average Bonchev–Trinajstić information content (AvgIpc) is 2.75. The zero-order chi connectivity index (χ0) is 20.1. The molecule has 1 unspecified atom stereocenters. The summed E-state index contributed by atoms with van der Waals surface area (Å²) in [5.74, 6) is -4.78. The molecule has 2 fully saturated rings. The van der Waals surface area contributed by atoms with E-state index in [-0.39, 0.29) is 11.5 Å². The standard InChI is InChI=1S/C17H22N2O6S/c1-14(2)12(22)15(3,4)17(14)19-10(20)9(11(21)24-5)16(7-18,8-26-17)13(23)25-6/h9H,8H2,1-6H3,(H,19,20)/t9?,16-/m0/s1. The van der Waals surface area contributed by atoms with Crippen molar-refractivity contribution in [3.05, 3.63) is 0 Å². The zero-order valence-corrected chi connectivity index (χ0v) is 16.4. The number of nitrogens with zero attached hydrogens (tertiary/aromatic N) is 1. The van der Waals surface area contributed by atoms with Gasteiger partial charge in [-0.15, -0.1) is 11.8 Å². The third kappa shape index (κ3) is 2.14. The Labute approximate surface area is 156 Å². The third-order valence-corrected chi connectivity index (χ3v) is 7.81. The van der Waals surface area contributed by atoms with E-state index >= 15 is 0 Å². The Bertz CT molecular complexity index is 720. The van der Waals surface area contributed by atoms with Crippen molar-refractivity contribution in [2.75, 3.05) is 20.0 Å². The van der Waals surface area contributed by atoms with Crippen molar-refractivity contribution in [2.24, 2.45) is 22.2 Å². The molecule has 0 radical (unpaired) electrons. The van der Waals surface area contributed by atoms with Gasteiger partial charge >= 0.3 is 11.9 Å². The summed E-state index contributed by atoms with van der Waals surface area (Å²) >= 11 is 1.12. The Morgan fingerprint density at radius 2 is 1.69 bits per heavy atom. The van der Waals surface area contributed by atoms with Gasteiger partial charge in [0.2, 0.25) is 5.91 Å². The lowest BCUT2D eigenvalue weighted by Crippen LogP contribution is -2.79. The van der Waals surface area contributed by atoms with Gasteiger partial charge in [-0.05, 0) is 27.7 Å². The summed E-state index contributed by atoms with van der Waals surface area (Å²) in [5.41, 5.74) is -3.94. The van der Waals surface area contributed by atoms with E-state index in [9.17, 15) is 24.4 Å². The fourth-order valence-corrected chi connectivity index (χ4v) is 6.10. The number of Topliss-reactive ketones (excluding diaryl/α,β-unsaturated/α-hetero) is 1. The van der Waals surface area contributed by atoms with E-state index in [2.05, 4.69) is 10.1 Å². The average molecular weight is 382 g/mol. The summed E-state index contributed by atoms with van der Waals surface area (Å²) in [7, 11) is 2.16. The number of nitrogens with one attached hydrogen (secondary N) is 1. The summed E-state index contributed by atoms with van der Waals surface area (Å²) in [6.07, 6.45) is 0. The van der Waals surface area contributed by atoms with Crippen LogP contribution in [0.5, 0.6) is 0 Å². The summed E-state index contributed by atoms with van der Waals surface area (Å²) in [4.78, 5) is 49.3. The molecule has 1 heterocycles. The number of carbonyl (C=O) groups excluding carboxylic acids is 4. The maximum absolute atomic E-state index is 13.0. The molecule has 1 aliphatic heterocycles. The first kappa shape index (κ1) is 20.2. The van der Waals surface area contributed by atoms with Crippen LogP contribution in [-0.2, 0) is 28.7 Å². The number of esters is 2. The summed E-state index contributed by atoms with van der Waals surface area (Å²) in [5, 5.41) is 12.5. The van der Waals surface area contributed by atoms with Crippen LogP contribution in [0.2, 0.25) is 0 Å². The van der Waals surface area contributed by atoms with Gasteiger partial charge in [0.1, 0.15) is 4.87 Å². The second kappa shape index (κ2) is 5.98. The zero-order valence-electron chi connectivity index (χ0n) is 15.6. The molecule has 1 aliphatic carbocycles. The van der Waals surface area contributed by atoms with Crippen LogP contribution in [-0.4, -0.2) is 48.5 Å². The lowest BCUT2D eigenvalue weighted by molar-refractivity contribution is -0.169. The molecule has 2 aliphatic rings. The van der Waals surface area contributed by atoms with Crippen LogP contribution in [0.25, 0.3) is 0 Å². The number of rotatable bonds is 2. The predicted octanol–water partition coefficient (Wildman–Crippen LogP) is 0.653. The van der Waals surface area contributed by atoms with Crippen LogP contribution in [0.4, 0.5) is 0 Å². The first-order valence-corrected chi connectivity index (χ1v) is 8.96. The number of hydrogen-bond donors (Lipinski definition) is 1. The Morgan fingerprint density at radius 3 is 2.12 bits per heavy atom. The Kier molecular flexibility index (Phi) is 4.65. The van der Waals surface area contributed by atoms with Crippen molar-refractivity contribution in [1.29, 1.82) is 5.26 Å². The molecule has 142 valence electrons. The van der Waals surface area contributed by atoms with E-state index in [0.717, 1.165) is 26.0 Å². The quantitative estimate of drug-likeness (QED) is 0.546. The van der Waals surface area contributed by atoms with E-state index in [4.69, 9.17) is 4.74 Å². The van der Waals surface area contributed by atoms with Crippen LogP contribution in [0.3, 0.4) is 0 Å².